The van der Waals surface area contributed by atoms with Gasteiger partial charge >= 0.3 is 5.97 Å². The first kappa shape index (κ1) is 46.1. The summed E-state index contributed by atoms with van der Waals surface area (Å²) in [5, 5.41) is 12.4. The Labute approximate surface area is 406 Å². The van der Waals surface area contributed by atoms with E-state index in [1.165, 1.54) is 46.9 Å². The minimum absolute atomic E-state index is 0.120. The summed E-state index contributed by atoms with van der Waals surface area (Å²) in [5.74, 6) is -1.02. The van der Waals surface area contributed by atoms with Crippen molar-refractivity contribution in [1.82, 2.24) is 15.2 Å². The number of halogens is 1. The molecule has 0 bridgehead atoms. The molecule has 2 aliphatic rings. The molecule has 2 aliphatic heterocycles. The first-order valence-electron chi connectivity index (χ1n) is 21.9. The van der Waals surface area contributed by atoms with Crippen LogP contribution >= 0.6 is 34.9 Å². The number of β-lactam (4-membered cyclic amide) rings is 1. The van der Waals surface area contributed by atoms with Gasteiger partial charge in [0.1, 0.15) is 42.1 Å². The smallest absolute Gasteiger partial charge is 0.356 e. The van der Waals surface area contributed by atoms with E-state index in [0.29, 0.717) is 22.2 Å². The largest absolute Gasteiger partial charge is 0.448 e. The van der Waals surface area contributed by atoms with Gasteiger partial charge in [0.15, 0.2) is 35.9 Å². The third-order valence-corrected chi connectivity index (χ3v) is 14.8. The van der Waals surface area contributed by atoms with Crippen LogP contribution in [0.5, 0.6) is 0 Å². The monoisotopic (exact) mass is 961 g/mol. The fourth-order valence-corrected chi connectivity index (χ4v) is 11.5. The Morgan fingerprint density at radius 3 is 1.91 bits per heavy atom. The molecule has 2 amide bonds. The number of ether oxygens (including phenoxy) is 1. The number of hydrogen-bond acceptors (Lipinski definition) is 11. The molecule has 0 spiro atoms. The predicted molar refractivity (Wildman–Crippen MR) is 265 cm³/mol. The zero-order chi connectivity index (χ0) is 46.9. The number of rotatable bonds is 18. The molecule has 9 rings (SSSR count). The Bertz CT molecular complexity index is 2770. The van der Waals surface area contributed by atoms with Crippen LogP contribution in [0, 0.1) is 0 Å². The Hall–Kier alpha value is -7.07. The lowest BCUT2D eigenvalue weighted by Gasteiger charge is -2.49. The van der Waals surface area contributed by atoms with Gasteiger partial charge in [-0.25, -0.2) is 18.7 Å². The Morgan fingerprint density at radius 1 is 0.838 bits per heavy atom. The minimum atomic E-state index is -0.996. The molecular formula is C53H46FN6O5S3+. The van der Waals surface area contributed by atoms with Crippen LogP contribution in [-0.2, 0) is 36.0 Å². The summed E-state index contributed by atoms with van der Waals surface area (Å²) in [5.41, 5.74) is 4.59. The number of nitrogens with zero attached hydrogens (tertiary/aromatic N) is 4. The number of aryl methyl sites for hydroxylation is 1. The fourth-order valence-electron chi connectivity index (χ4n) is 8.37. The highest BCUT2D eigenvalue weighted by Crippen LogP contribution is 2.44. The lowest BCUT2D eigenvalue weighted by molar-refractivity contribution is -0.697. The van der Waals surface area contributed by atoms with Crippen LogP contribution in [0.1, 0.15) is 39.6 Å². The number of nitrogens with one attached hydrogen (secondary N) is 2. The molecule has 4 heterocycles. The van der Waals surface area contributed by atoms with Crippen molar-refractivity contribution in [2.75, 3.05) is 30.6 Å². The Kier molecular flexibility index (Phi) is 14.4. The standard InChI is InChI=1S/C53H45FN6O5S3/c1-64-58-44(43-35-68-52(55-43)57-53(39-21-11-4-12-22-39,40-23-13-5-14-24-40)41-25-15-6-16-26-41)48(61)56-45-49(62)60-46(38(34-67-50(45)60)33-66-42-27-30-59(31-28-42)32-29-54)51(63)65-47(36-17-7-2-8-18-36)37-19-9-3-10-20-37/h2-28,30-31,35,45,47,50H,29,32-34H2,1H3,(H-,55,56,57,61)/p+1/t45-,50-/m1/s1. The average Bonchev–Trinajstić information content (AvgIpc) is 3.86. The van der Waals surface area contributed by atoms with Gasteiger partial charge in [0.25, 0.3) is 11.8 Å². The maximum Gasteiger partial charge on any atom is 0.356 e. The van der Waals surface area contributed by atoms with Gasteiger partial charge in [0.05, 0.1) is 0 Å². The number of anilines is 1. The number of carbonyl (C=O) groups excluding carboxylic acids is 3. The highest BCUT2D eigenvalue weighted by atomic mass is 32.2. The van der Waals surface area contributed by atoms with Crippen molar-refractivity contribution in [2.24, 2.45) is 5.16 Å². The molecule has 1 fully saturated rings. The lowest BCUT2D eigenvalue weighted by atomic mass is 9.77. The number of fused-ring (bicyclic) bond motifs is 1. The topological polar surface area (TPSA) is 126 Å². The number of esters is 1. The van der Waals surface area contributed by atoms with E-state index in [0.717, 1.165) is 32.7 Å². The second-order valence-corrected chi connectivity index (χ2v) is 18.8. The van der Waals surface area contributed by atoms with E-state index in [1.807, 2.05) is 140 Å². The summed E-state index contributed by atoms with van der Waals surface area (Å²) in [7, 11) is 1.34. The molecule has 68 heavy (non-hydrogen) atoms. The van der Waals surface area contributed by atoms with E-state index in [9.17, 15) is 18.8 Å². The second kappa shape index (κ2) is 21.3. The van der Waals surface area contributed by atoms with Crippen molar-refractivity contribution in [3.05, 3.63) is 226 Å². The molecule has 15 heteroatoms. The van der Waals surface area contributed by atoms with Crippen LogP contribution in [-0.4, -0.2) is 70.1 Å². The minimum Gasteiger partial charge on any atom is -0.448 e. The fraction of sp³-hybridized carbons (Fsp3) is 0.170. The number of pyridine rings is 1. The van der Waals surface area contributed by atoms with Crippen molar-refractivity contribution < 1.29 is 32.9 Å². The molecule has 0 saturated carbocycles. The van der Waals surface area contributed by atoms with E-state index >= 15 is 0 Å². The number of oxime groups is 1. The summed E-state index contributed by atoms with van der Waals surface area (Å²) in [6.07, 6.45) is 2.87. The van der Waals surface area contributed by atoms with Crippen LogP contribution in [0.4, 0.5) is 9.52 Å². The molecule has 2 aromatic heterocycles. The van der Waals surface area contributed by atoms with Crippen molar-refractivity contribution in [3.63, 3.8) is 0 Å². The Morgan fingerprint density at radius 2 is 1.38 bits per heavy atom. The van der Waals surface area contributed by atoms with Crippen molar-refractivity contribution in [1.29, 1.82) is 0 Å². The van der Waals surface area contributed by atoms with Gasteiger partial charge in [-0.05, 0) is 33.4 Å². The summed E-state index contributed by atoms with van der Waals surface area (Å²) < 4.78 is 21.1. The molecule has 0 aliphatic carbocycles. The van der Waals surface area contributed by atoms with Crippen molar-refractivity contribution >= 4 is 63.5 Å². The summed E-state index contributed by atoms with van der Waals surface area (Å²) >= 11 is 4.25. The van der Waals surface area contributed by atoms with E-state index < -0.39 is 47.5 Å². The van der Waals surface area contributed by atoms with Gasteiger partial charge in [0.2, 0.25) is 0 Å². The number of thioether (sulfide) groups is 2. The van der Waals surface area contributed by atoms with Gasteiger partial charge in [-0.1, -0.05) is 157 Å². The maximum absolute atomic E-state index is 14.6. The van der Waals surface area contributed by atoms with Gasteiger partial charge in [0, 0.05) is 33.9 Å². The van der Waals surface area contributed by atoms with Gasteiger partial charge in [-0.3, -0.25) is 14.5 Å². The molecule has 2 N–H and O–H groups in total. The van der Waals surface area contributed by atoms with Crippen LogP contribution in [0.3, 0.4) is 0 Å². The summed E-state index contributed by atoms with van der Waals surface area (Å²) in [4.78, 5) is 55.8. The van der Waals surface area contributed by atoms with E-state index in [-0.39, 0.29) is 23.6 Å². The van der Waals surface area contributed by atoms with Crippen LogP contribution in [0.15, 0.2) is 203 Å². The molecular weight excluding hydrogens is 916 g/mol. The third kappa shape index (κ3) is 9.68. The number of hydrogen-bond donors (Lipinski definition) is 2. The van der Waals surface area contributed by atoms with Crippen molar-refractivity contribution in [3.8, 4) is 0 Å². The first-order valence-corrected chi connectivity index (χ1v) is 24.8. The SMILES string of the molecule is CON=C(C(=O)N[C@@H]1C(=O)N2C(C(=O)OC(c3ccccc3)c3ccccc3)=C(CSc3cc[n+](CCF)cc3)CS[C@H]12)c1csc(NC(c2ccccc2)(c2ccccc2)c2ccccc2)n1. The molecule has 0 unspecified atom stereocenters. The van der Waals surface area contributed by atoms with E-state index in [4.69, 9.17) is 14.6 Å². The number of benzene rings is 5. The number of thiazole rings is 1. The Balaban J connectivity index is 0.981. The van der Waals surface area contributed by atoms with E-state index in [2.05, 4.69) is 52.2 Å². The van der Waals surface area contributed by atoms with Gasteiger partial charge in [-0.15, -0.1) is 34.9 Å². The summed E-state index contributed by atoms with van der Waals surface area (Å²) in [6.45, 7) is -0.223. The molecule has 0 radical (unpaired) electrons. The zero-order valence-electron chi connectivity index (χ0n) is 36.8. The van der Waals surface area contributed by atoms with Gasteiger partial charge in [-0.2, -0.15) is 0 Å². The van der Waals surface area contributed by atoms with Crippen LogP contribution in [0.2, 0.25) is 0 Å². The first-order chi connectivity index (χ1) is 33.4. The molecule has 342 valence electrons. The molecule has 5 aromatic carbocycles. The molecule has 11 nitrogen and oxygen atoms in total. The average molecular weight is 962 g/mol. The second-order valence-electron chi connectivity index (χ2n) is 15.8. The third-order valence-electron chi connectivity index (χ3n) is 11.6. The number of carbonyl (C=O) groups is 3. The normalized spacial score (nSPS) is 15.9. The van der Waals surface area contributed by atoms with Crippen LogP contribution in [0.25, 0.3) is 0 Å². The highest BCUT2D eigenvalue weighted by Gasteiger charge is 2.55. The predicted octanol–water partition coefficient (Wildman–Crippen LogP) is 8.93. The molecule has 2 atom stereocenters. The van der Waals surface area contributed by atoms with Crippen LogP contribution < -0.4 is 15.2 Å². The number of amides is 2. The quantitative estimate of drug-likeness (QED) is 0.0165. The summed E-state index contributed by atoms with van der Waals surface area (Å²) in [6, 6.07) is 52.0. The maximum atomic E-state index is 14.6. The number of alkyl halides is 1. The van der Waals surface area contributed by atoms with E-state index in [1.54, 1.807) is 9.95 Å². The highest BCUT2D eigenvalue weighted by molar-refractivity contribution is 8.01. The number of aromatic nitrogens is 2. The van der Waals surface area contributed by atoms with Crippen molar-refractivity contribution in [2.45, 2.75) is 34.5 Å². The molecule has 7 aromatic rings. The van der Waals surface area contributed by atoms with Gasteiger partial charge < -0.3 is 20.2 Å². The molecule has 1 saturated heterocycles. The lowest BCUT2D eigenvalue weighted by Crippen LogP contribution is -2.71. The zero-order valence-corrected chi connectivity index (χ0v) is 39.3.